The highest BCUT2D eigenvalue weighted by molar-refractivity contribution is 5.95. The van der Waals surface area contributed by atoms with Gasteiger partial charge in [-0.05, 0) is 37.3 Å². The molecule has 0 aliphatic heterocycles. The van der Waals surface area contributed by atoms with Gasteiger partial charge in [0.05, 0.1) is 18.4 Å². The van der Waals surface area contributed by atoms with E-state index in [9.17, 15) is 9.59 Å². The molecule has 0 heterocycles. The maximum Gasteiger partial charge on any atom is 0.265 e. The highest BCUT2D eigenvalue weighted by atomic mass is 16.5. The number of benzene rings is 2. The molecule has 0 spiro atoms. The number of hydrogen-bond acceptors (Lipinski definition) is 5. The smallest absolute Gasteiger partial charge is 0.265 e. The molecule has 0 bridgehead atoms. The number of carbonyl (C=O) groups is 2. The zero-order valence-corrected chi connectivity index (χ0v) is 13.3. The zero-order chi connectivity index (χ0) is 17.5. The molecule has 2 rings (SSSR count). The molecule has 6 heteroatoms. The zero-order valence-electron chi connectivity index (χ0n) is 13.3. The number of carbonyl (C=O) groups excluding carboxylic acids is 2. The summed E-state index contributed by atoms with van der Waals surface area (Å²) in [5.41, 5.74) is 1.18. The molecule has 0 unspecified atom stereocenters. The van der Waals surface area contributed by atoms with Crippen molar-refractivity contribution in [1.29, 1.82) is 5.26 Å². The summed E-state index contributed by atoms with van der Waals surface area (Å²) in [7, 11) is 1.47. The standard InChI is InChI=1S/C18H16N2O4/c1-12(18(22)20-15-6-4-3-5-14(15)10-19)24-17-9-13(11-21)7-8-16(17)23-2/h3-9,11-12H,1-2H3,(H,20,22)/t12-/m1/s1. The van der Waals surface area contributed by atoms with E-state index in [0.717, 1.165) is 0 Å². The van der Waals surface area contributed by atoms with Crippen molar-refractivity contribution in [3.63, 3.8) is 0 Å². The molecule has 0 aliphatic rings. The summed E-state index contributed by atoms with van der Waals surface area (Å²) < 4.78 is 10.8. The van der Waals surface area contributed by atoms with Crippen molar-refractivity contribution in [2.24, 2.45) is 0 Å². The first-order chi connectivity index (χ1) is 11.6. The second kappa shape index (κ2) is 7.79. The van der Waals surface area contributed by atoms with Crippen LogP contribution in [0.5, 0.6) is 11.5 Å². The summed E-state index contributed by atoms with van der Waals surface area (Å²) in [5.74, 6) is 0.284. The highest BCUT2D eigenvalue weighted by Gasteiger charge is 2.18. The monoisotopic (exact) mass is 324 g/mol. The second-order valence-electron chi connectivity index (χ2n) is 4.93. The van der Waals surface area contributed by atoms with Crippen LogP contribution in [-0.4, -0.2) is 25.4 Å². The average molecular weight is 324 g/mol. The summed E-state index contributed by atoms with van der Waals surface area (Å²) >= 11 is 0. The van der Waals surface area contributed by atoms with E-state index in [2.05, 4.69) is 5.32 Å². The van der Waals surface area contributed by atoms with Gasteiger partial charge in [-0.3, -0.25) is 9.59 Å². The Morgan fingerprint density at radius 3 is 2.67 bits per heavy atom. The summed E-state index contributed by atoms with van der Waals surface area (Å²) in [6, 6.07) is 13.4. The number of ether oxygens (including phenoxy) is 2. The Balaban J connectivity index is 2.15. The van der Waals surface area contributed by atoms with E-state index in [0.29, 0.717) is 34.6 Å². The quantitative estimate of drug-likeness (QED) is 0.825. The Morgan fingerprint density at radius 1 is 1.25 bits per heavy atom. The summed E-state index contributed by atoms with van der Waals surface area (Å²) in [6.45, 7) is 1.57. The van der Waals surface area contributed by atoms with Crippen LogP contribution in [-0.2, 0) is 4.79 Å². The fraction of sp³-hybridized carbons (Fsp3) is 0.167. The first kappa shape index (κ1) is 17.0. The summed E-state index contributed by atoms with van der Waals surface area (Å²) in [6.07, 6.45) is -0.173. The molecule has 0 saturated heterocycles. The van der Waals surface area contributed by atoms with Crippen LogP contribution in [0.4, 0.5) is 5.69 Å². The topological polar surface area (TPSA) is 88.4 Å². The van der Waals surface area contributed by atoms with Crippen molar-refractivity contribution in [3.8, 4) is 17.6 Å². The van der Waals surface area contributed by atoms with Crippen LogP contribution >= 0.6 is 0 Å². The Bertz CT molecular complexity index is 796. The predicted molar refractivity (Wildman–Crippen MR) is 88.3 cm³/mol. The van der Waals surface area contributed by atoms with E-state index in [4.69, 9.17) is 14.7 Å². The molecule has 24 heavy (non-hydrogen) atoms. The van der Waals surface area contributed by atoms with Crippen molar-refractivity contribution in [2.45, 2.75) is 13.0 Å². The Morgan fingerprint density at radius 2 is 2.00 bits per heavy atom. The molecule has 0 saturated carbocycles. The summed E-state index contributed by atoms with van der Waals surface area (Å²) in [4.78, 5) is 23.2. The third-order valence-corrected chi connectivity index (χ3v) is 3.30. The van der Waals surface area contributed by atoms with E-state index < -0.39 is 12.0 Å². The molecule has 2 aromatic carbocycles. The number of nitrogens with zero attached hydrogens (tertiary/aromatic N) is 1. The fourth-order valence-electron chi connectivity index (χ4n) is 2.03. The van der Waals surface area contributed by atoms with Crippen LogP contribution < -0.4 is 14.8 Å². The largest absolute Gasteiger partial charge is 0.493 e. The van der Waals surface area contributed by atoms with Gasteiger partial charge in [0.25, 0.3) is 5.91 Å². The number of nitrogens with one attached hydrogen (secondary N) is 1. The Kier molecular flexibility index (Phi) is 5.53. The van der Waals surface area contributed by atoms with Gasteiger partial charge >= 0.3 is 0 Å². The van der Waals surface area contributed by atoms with E-state index in [-0.39, 0.29) is 0 Å². The first-order valence-electron chi connectivity index (χ1n) is 7.19. The molecule has 1 amide bonds. The predicted octanol–water partition coefficient (Wildman–Crippen LogP) is 2.79. The minimum absolute atomic E-state index is 0.290. The molecule has 1 atom stereocenters. The Labute approximate surface area is 139 Å². The van der Waals surface area contributed by atoms with Crippen LogP contribution in [0.1, 0.15) is 22.8 Å². The highest BCUT2D eigenvalue weighted by Crippen LogP contribution is 2.28. The lowest BCUT2D eigenvalue weighted by molar-refractivity contribution is -0.122. The van der Waals surface area contributed by atoms with Gasteiger partial charge < -0.3 is 14.8 Å². The van der Waals surface area contributed by atoms with Gasteiger partial charge in [0.1, 0.15) is 12.4 Å². The van der Waals surface area contributed by atoms with Gasteiger partial charge in [0, 0.05) is 5.56 Å². The molecule has 6 nitrogen and oxygen atoms in total. The number of hydrogen-bond donors (Lipinski definition) is 1. The van der Waals surface area contributed by atoms with Crippen molar-refractivity contribution in [3.05, 3.63) is 53.6 Å². The van der Waals surface area contributed by atoms with Crippen molar-refractivity contribution in [2.75, 3.05) is 12.4 Å². The van der Waals surface area contributed by atoms with Crippen molar-refractivity contribution >= 4 is 17.9 Å². The van der Waals surface area contributed by atoms with Crippen LogP contribution in [0.3, 0.4) is 0 Å². The lowest BCUT2D eigenvalue weighted by Crippen LogP contribution is -2.30. The first-order valence-corrected chi connectivity index (χ1v) is 7.19. The molecule has 122 valence electrons. The minimum atomic E-state index is -0.854. The molecular formula is C18H16N2O4. The van der Waals surface area contributed by atoms with Crippen LogP contribution in [0.2, 0.25) is 0 Å². The maximum absolute atomic E-state index is 12.3. The molecule has 2 aromatic rings. The average Bonchev–Trinajstić information content (AvgIpc) is 2.61. The van der Waals surface area contributed by atoms with Crippen molar-refractivity contribution < 1.29 is 19.1 Å². The maximum atomic E-state index is 12.3. The summed E-state index contributed by atoms with van der Waals surface area (Å²) in [5, 5.41) is 11.7. The lowest BCUT2D eigenvalue weighted by Gasteiger charge is -2.17. The van der Waals surface area contributed by atoms with E-state index in [1.165, 1.54) is 13.2 Å². The Hall–Kier alpha value is -3.33. The number of methoxy groups -OCH3 is 1. The van der Waals surface area contributed by atoms with E-state index in [1.54, 1.807) is 43.3 Å². The van der Waals surface area contributed by atoms with Crippen LogP contribution in [0, 0.1) is 11.3 Å². The van der Waals surface area contributed by atoms with Gasteiger partial charge in [-0.25, -0.2) is 0 Å². The molecule has 0 aliphatic carbocycles. The molecule has 0 fully saturated rings. The van der Waals surface area contributed by atoms with Crippen molar-refractivity contribution in [1.82, 2.24) is 0 Å². The van der Waals surface area contributed by atoms with Gasteiger partial charge in [-0.1, -0.05) is 12.1 Å². The minimum Gasteiger partial charge on any atom is -0.493 e. The van der Waals surface area contributed by atoms with Gasteiger partial charge in [-0.2, -0.15) is 5.26 Å². The molecule has 1 N–H and O–H groups in total. The van der Waals surface area contributed by atoms with Gasteiger partial charge in [0.2, 0.25) is 0 Å². The molecular weight excluding hydrogens is 308 g/mol. The number of nitriles is 1. The number of aldehydes is 1. The fourth-order valence-corrected chi connectivity index (χ4v) is 2.03. The number of anilines is 1. The number of para-hydroxylation sites is 1. The van der Waals surface area contributed by atoms with Gasteiger partial charge in [-0.15, -0.1) is 0 Å². The third-order valence-electron chi connectivity index (χ3n) is 3.30. The second-order valence-corrected chi connectivity index (χ2v) is 4.93. The van der Waals surface area contributed by atoms with E-state index >= 15 is 0 Å². The number of rotatable bonds is 6. The normalized spacial score (nSPS) is 11.0. The lowest BCUT2D eigenvalue weighted by atomic mass is 10.2. The van der Waals surface area contributed by atoms with Gasteiger partial charge in [0.15, 0.2) is 17.6 Å². The number of amides is 1. The third kappa shape index (κ3) is 3.90. The molecule has 0 radical (unpaired) electrons. The van der Waals surface area contributed by atoms with Crippen LogP contribution in [0.25, 0.3) is 0 Å². The van der Waals surface area contributed by atoms with Crippen LogP contribution in [0.15, 0.2) is 42.5 Å². The van der Waals surface area contributed by atoms with E-state index in [1.807, 2.05) is 6.07 Å². The molecule has 0 aromatic heterocycles. The SMILES string of the molecule is COc1ccc(C=O)cc1O[C@H](C)C(=O)Nc1ccccc1C#N.